The summed E-state index contributed by atoms with van der Waals surface area (Å²) in [6.07, 6.45) is 3.71. The van der Waals surface area contributed by atoms with Crippen LogP contribution in [0.3, 0.4) is 0 Å². The van der Waals surface area contributed by atoms with Crippen LogP contribution in [0.5, 0.6) is 0 Å². The van der Waals surface area contributed by atoms with Crippen LogP contribution < -0.4 is 10.6 Å². The smallest absolute Gasteiger partial charge is 0.147 e. The zero-order valence-electron chi connectivity index (χ0n) is 9.87. The molecule has 2 N–H and O–H groups in total. The van der Waals surface area contributed by atoms with Gasteiger partial charge >= 0.3 is 0 Å². The summed E-state index contributed by atoms with van der Waals surface area (Å²) in [6, 6.07) is 2.03. The molecule has 1 fully saturated rings. The first kappa shape index (κ1) is 12.9. The van der Waals surface area contributed by atoms with Gasteiger partial charge in [0.1, 0.15) is 5.82 Å². The minimum Gasteiger partial charge on any atom is -0.355 e. The molecule has 5 heteroatoms. The van der Waals surface area contributed by atoms with Crippen molar-refractivity contribution in [2.75, 3.05) is 18.0 Å². The molecule has 1 aliphatic rings. The second-order valence-corrected chi connectivity index (χ2v) is 5.37. The van der Waals surface area contributed by atoms with Crippen LogP contribution in [0.1, 0.15) is 19.8 Å². The molecule has 0 saturated carbocycles. The van der Waals surface area contributed by atoms with E-state index in [1.165, 1.54) is 0 Å². The Bertz CT molecular complexity index is 397. The van der Waals surface area contributed by atoms with E-state index in [9.17, 15) is 0 Å². The fraction of sp³-hybridized carbons (Fsp3) is 0.583. The lowest BCUT2D eigenvalue weighted by atomic mass is 9.91. The van der Waals surface area contributed by atoms with Gasteiger partial charge in [0.25, 0.3) is 0 Å². The lowest BCUT2D eigenvalue weighted by molar-refractivity contribution is 0.347. The second-order valence-electron chi connectivity index (χ2n) is 4.53. The molecule has 0 bridgehead atoms. The van der Waals surface area contributed by atoms with E-state index in [1.807, 2.05) is 0 Å². The number of piperidine rings is 1. The van der Waals surface area contributed by atoms with Crippen LogP contribution in [0.25, 0.3) is 0 Å². The third-order valence-electron chi connectivity index (χ3n) is 3.41. The normalized spacial score (nSPS) is 25.1. The summed E-state index contributed by atoms with van der Waals surface area (Å²) < 4.78 is 0. The summed E-state index contributed by atoms with van der Waals surface area (Å²) in [7, 11) is 0. The first-order chi connectivity index (χ1) is 8.11. The van der Waals surface area contributed by atoms with Crippen molar-refractivity contribution in [2.24, 2.45) is 11.7 Å². The molecule has 3 nitrogen and oxygen atoms in total. The highest BCUT2D eigenvalue weighted by molar-refractivity contribution is 6.36. The lowest BCUT2D eigenvalue weighted by Crippen LogP contribution is -2.47. The Morgan fingerprint density at radius 1 is 1.53 bits per heavy atom. The second kappa shape index (κ2) is 5.42. The Hall–Kier alpha value is -0.510. The number of halogens is 2. The van der Waals surface area contributed by atoms with Crippen LogP contribution in [0.4, 0.5) is 5.82 Å². The molecule has 1 aromatic heterocycles. The molecule has 2 rings (SSSR count). The molecule has 0 aliphatic carbocycles. The fourth-order valence-electron chi connectivity index (χ4n) is 2.31. The van der Waals surface area contributed by atoms with Crippen LogP contribution in [-0.4, -0.2) is 24.1 Å². The monoisotopic (exact) mass is 273 g/mol. The van der Waals surface area contributed by atoms with Crippen LogP contribution >= 0.6 is 23.2 Å². The van der Waals surface area contributed by atoms with E-state index >= 15 is 0 Å². The summed E-state index contributed by atoms with van der Waals surface area (Å²) >= 11 is 12.0. The van der Waals surface area contributed by atoms with E-state index in [2.05, 4.69) is 16.8 Å². The number of aromatic nitrogens is 1. The molecule has 0 aromatic carbocycles. The third-order valence-corrected chi connectivity index (χ3v) is 3.89. The van der Waals surface area contributed by atoms with Gasteiger partial charge in [-0.05, 0) is 18.4 Å². The van der Waals surface area contributed by atoms with Gasteiger partial charge in [-0.1, -0.05) is 36.5 Å². The van der Waals surface area contributed by atoms with Gasteiger partial charge in [0.2, 0.25) is 0 Å². The Labute approximate surface area is 112 Å². The first-order valence-corrected chi connectivity index (χ1v) is 6.69. The van der Waals surface area contributed by atoms with E-state index in [4.69, 9.17) is 28.9 Å². The summed E-state index contributed by atoms with van der Waals surface area (Å²) in [5, 5.41) is 1.18. The maximum absolute atomic E-state index is 6.17. The van der Waals surface area contributed by atoms with Crippen molar-refractivity contribution in [3.05, 3.63) is 22.3 Å². The molecule has 1 aliphatic heterocycles. The van der Waals surface area contributed by atoms with Gasteiger partial charge in [0.15, 0.2) is 0 Å². The van der Waals surface area contributed by atoms with E-state index in [0.717, 1.165) is 31.7 Å². The number of nitrogens with zero attached hydrogens (tertiary/aromatic N) is 2. The molecule has 0 amide bonds. The van der Waals surface area contributed by atoms with Crippen LogP contribution in [-0.2, 0) is 0 Å². The molecule has 2 unspecified atom stereocenters. The molecule has 1 aromatic rings. The molecule has 0 spiro atoms. The van der Waals surface area contributed by atoms with Gasteiger partial charge in [-0.25, -0.2) is 4.98 Å². The van der Waals surface area contributed by atoms with Gasteiger partial charge in [-0.3, -0.25) is 0 Å². The third kappa shape index (κ3) is 2.84. The van der Waals surface area contributed by atoms with E-state index < -0.39 is 0 Å². The highest BCUT2D eigenvalue weighted by Gasteiger charge is 2.26. The molecule has 0 radical (unpaired) electrons. The fourth-order valence-corrected chi connectivity index (χ4v) is 2.81. The minimum atomic E-state index is 0.294. The van der Waals surface area contributed by atoms with E-state index in [1.54, 1.807) is 12.3 Å². The van der Waals surface area contributed by atoms with Crippen molar-refractivity contribution in [3.8, 4) is 0 Å². The zero-order valence-corrected chi connectivity index (χ0v) is 11.4. The number of hydrogen-bond acceptors (Lipinski definition) is 3. The maximum atomic E-state index is 6.17. The SMILES string of the molecule is CCC1CN(c2ncc(Cl)cc2Cl)CCC1N. The highest BCUT2D eigenvalue weighted by Crippen LogP contribution is 2.29. The molecule has 2 heterocycles. The molecule has 94 valence electrons. The summed E-state index contributed by atoms with van der Waals surface area (Å²) in [5.41, 5.74) is 6.09. The summed E-state index contributed by atoms with van der Waals surface area (Å²) in [6.45, 7) is 4.00. The van der Waals surface area contributed by atoms with Crippen LogP contribution in [0.2, 0.25) is 10.0 Å². The van der Waals surface area contributed by atoms with Crippen LogP contribution in [0.15, 0.2) is 12.3 Å². The predicted octanol–water partition coefficient (Wildman–Crippen LogP) is 2.95. The summed E-state index contributed by atoms with van der Waals surface area (Å²) in [5.74, 6) is 1.33. The maximum Gasteiger partial charge on any atom is 0.147 e. The van der Waals surface area contributed by atoms with Crippen molar-refractivity contribution in [3.63, 3.8) is 0 Å². The van der Waals surface area contributed by atoms with Crippen molar-refractivity contribution in [2.45, 2.75) is 25.8 Å². The Morgan fingerprint density at radius 3 is 2.94 bits per heavy atom. The largest absolute Gasteiger partial charge is 0.355 e. The van der Waals surface area contributed by atoms with Crippen LogP contribution in [0, 0.1) is 5.92 Å². The van der Waals surface area contributed by atoms with Crippen molar-refractivity contribution < 1.29 is 0 Å². The number of rotatable bonds is 2. The topological polar surface area (TPSA) is 42.2 Å². The quantitative estimate of drug-likeness (QED) is 0.901. The zero-order chi connectivity index (χ0) is 12.4. The van der Waals surface area contributed by atoms with E-state index in [0.29, 0.717) is 22.0 Å². The average Bonchev–Trinajstić information content (AvgIpc) is 2.30. The molecule has 1 saturated heterocycles. The van der Waals surface area contributed by atoms with Gasteiger partial charge in [0.05, 0.1) is 10.0 Å². The standard InChI is InChI=1S/C12H17Cl2N3/c1-2-8-7-17(4-3-11(8)15)12-10(14)5-9(13)6-16-12/h5-6,8,11H,2-4,7,15H2,1H3. The Kier molecular flexibility index (Phi) is 4.13. The van der Waals surface area contributed by atoms with Crippen molar-refractivity contribution in [1.29, 1.82) is 0 Å². The van der Waals surface area contributed by atoms with Gasteiger partial charge < -0.3 is 10.6 Å². The van der Waals surface area contributed by atoms with Gasteiger partial charge in [-0.15, -0.1) is 0 Å². The summed E-state index contributed by atoms with van der Waals surface area (Å²) in [4.78, 5) is 6.52. The molecule has 17 heavy (non-hydrogen) atoms. The first-order valence-electron chi connectivity index (χ1n) is 5.93. The highest BCUT2D eigenvalue weighted by atomic mass is 35.5. The average molecular weight is 274 g/mol. The molecule has 2 atom stereocenters. The number of anilines is 1. The predicted molar refractivity (Wildman–Crippen MR) is 72.8 cm³/mol. The number of pyridine rings is 1. The van der Waals surface area contributed by atoms with Crippen molar-refractivity contribution >= 4 is 29.0 Å². The van der Waals surface area contributed by atoms with Gasteiger partial charge in [-0.2, -0.15) is 0 Å². The van der Waals surface area contributed by atoms with E-state index in [-0.39, 0.29) is 0 Å². The number of nitrogens with two attached hydrogens (primary N) is 1. The molecular formula is C12H17Cl2N3. The Balaban J connectivity index is 2.17. The van der Waals surface area contributed by atoms with Gasteiger partial charge in [0, 0.05) is 25.3 Å². The molecular weight excluding hydrogens is 257 g/mol. The van der Waals surface area contributed by atoms with Crippen molar-refractivity contribution in [1.82, 2.24) is 4.98 Å². The minimum absolute atomic E-state index is 0.294. The number of hydrogen-bond donors (Lipinski definition) is 1. The Morgan fingerprint density at radius 2 is 2.29 bits per heavy atom. The lowest BCUT2D eigenvalue weighted by Gasteiger charge is -2.37.